The van der Waals surface area contributed by atoms with Crippen molar-refractivity contribution in [1.82, 2.24) is 0 Å². The second-order valence-corrected chi connectivity index (χ2v) is 12.7. The number of nitrogens with two attached hydrogens (primary N) is 1. The molecule has 0 amide bonds. The Morgan fingerprint density at radius 2 is 0.738 bits per heavy atom. The van der Waals surface area contributed by atoms with Crippen LogP contribution >= 0.6 is 0 Å². The normalized spacial score (nSPS) is 12.7. The molecule has 1 unspecified atom stereocenters. The molecule has 3 heteroatoms. The minimum absolute atomic E-state index is 0.173. The molecule has 0 heterocycles. The summed E-state index contributed by atoms with van der Waals surface area (Å²) in [6, 6.07) is 0. The molecule has 0 aromatic heterocycles. The van der Waals surface area contributed by atoms with Crippen LogP contribution in [0.4, 0.5) is 0 Å². The smallest absolute Gasteiger partial charge is 0.107 e. The molecule has 2 N–H and O–H groups in total. The van der Waals surface area contributed by atoms with E-state index in [0.29, 0.717) is 0 Å². The molecule has 0 saturated carbocycles. The Bertz CT molecular complexity index is 532. The molecule has 0 aliphatic carbocycles. The topological polar surface area (TPSA) is 44.5 Å². The Balaban J connectivity index is 3.21. The number of unbranched alkanes of at least 4 members (excludes halogenated alkanes) is 24. The molecular formula is C39H77NO2. The average Bonchev–Trinajstić information content (AvgIpc) is 3.00. The van der Waals surface area contributed by atoms with E-state index in [1.54, 1.807) is 0 Å². The number of hydrogen-bond acceptors (Lipinski definition) is 3. The van der Waals surface area contributed by atoms with Crippen LogP contribution in [-0.2, 0) is 9.47 Å². The van der Waals surface area contributed by atoms with Gasteiger partial charge in [0.05, 0.1) is 6.61 Å². The van der Waals surface area contributed by atoms with Gasteiger partial charge in [-0.1, -0.05) is 154 Å². The van der Waals surface area contributed by atoms with Crippen molar-refractivity contribution in [1.29, 1.82) is 0 Å². The van der Waals surface area contributed by atoms with Crippen molar-refractivity contribution in [3.05, 3.63) is 24.3 Å². The fourth-order valence-corrected chi connectivity index (χ4v) is 5.42. The van der Waals surface area contributed by atoms with Gasteiger partial charge in [-0.05, 0) is 64.2 Å². The quantitative estimate of drug-likeness (QED) is 0.0448. The van der Waals surface area contributed by atoms with Crippen LogP contribution in [0.25, 0.3) is 0 Å². The van der Waals surface area contributed by atoms with E-state index in [-0.39, 0.29) is 6.23 Å². The first-order valence-electron chi connectivity index (χ1n) is 19.1. The van der Waals surface area contributed by atoms with Crippen molar-refractivity contribution in [2.75, 3.05) is 19.8 Å². The van der Waals surface area contributed by atoms with Crippen molar-refractivity contribution in [3.63, 3.8) is 0 Å². The summed E-state index contributed by atoms with van der Waals surface area (Å²) in [7, 11) is 0. The van der Waals surface area contributed by atoms with E-state index in [4.69, 9.17) is 15.2 Å². The Morgan fingerprint density at radius 3 is 1.14 bits per heavy atom. The van der Waals surface area contributed by atoms with Gasteiger partial charge in [-0.15, -0.1) is 0 Å². The molecule has 0 fully saturated rings. The summed E-state index contributed by atoms with van der Waals surface area (Å²) in [5, 5.41) is 0. The highest BCUT2D eigenvalue weighted by Crippen LogP contribution is 2.12. The van der Waals surface area contributed by atoms with Crippen LogP contribution in [0.3, 0.4) is 0 Å². The Kier molecular flexibility index (Phi) is 37.8. The van der Waals surface area contributed by atoms with Crippen LogP contribution in [0.2, 0.25) is 0 Å². The molecule has 0 aromatic rings. The van der Waals surface area contributed by atoms with E-state index in [2.05, 4.69) is 38.2 Å². The number of rotatable bonds is 36. The molecule has 0 spiro atoms. The van der Waals surface area contributed by atoms with Gasteiger partial charge in [0.15, 0.2) is 0 Å². The summed E-state index contributed by atoms with van der Waals surface area (Å²) >= 11 is 0. The van der Waals surface area contributed by atoms with Crippen LogP contribution in [0.15, 0.2) is 24.3 Å². The highest BCUT2D eigenvalue weighted by Gasteiger charge is 2.02. The second kappa shape index (κ2) is 38.4. The summed E-state index contributed by atoms with van der Waals surface area (Å²) in [4.78, 5) is 0. The van der Waals surface area contributed by atoms with Gasteiger partial charge in [-0.2, -0.15) is 0 Å². The SMILES string of the molecule is CCCCCCCC/C=C\CCCCCCCCOCCC(N)OCCCCCCCC/C=C\CCCCCCCC. The molecule has 3 nitrogen and oxygen atoms in total. The van der Waals surface area contributed by atoms with Gasteiger partial charge in [0.2, 0.25) is 0 Å². The van der Waals surface area contributed by atoms with Crippen LogP contribution in [-0.4, -0.2) is 26.0 Å². The van der Waals surface area contributed by atoms with Gasteiger partial charge in [0, 0.05) is 19.6 Å². The van der Waals surface area contributed by atoms with Gasteiger partial charge in [-0.3, -0.25) is 0 Å². The zero-order chi connectivity index (χ0) is 30.4. The van der Waals surface area contributed by atoms with Gasteiger partial charge >= 0.3 is 0 Å². The maximum atomic E-state index is 6.10. The van der Waals surface area contributed by atoms with E-state index in [9.17, 15) is 0 Å². The summed E-state index contributed by atoms with van der Waals surface area (Å²) in [6.07, 6.45) is 47.7. The lowest BCUT2D eigenvalue weighted by Gasteiger charge is -2.13. The maximum Gasteiger partial charge on any atom is 0.107 e. The third-order valence-electron chi connectivity index (χ3n) is 8.34. The Labute approximate surface area is 265 Å². The summed E-state index contributed by atoms with van der Waals surface area (Å²) in [6.45, 7) is 6.94. The minimum atomic E-state index is -0.173. The second-order valence-electron chi connectivity index (χ2n) is 12.7. The van der Waals surface area contributed by atoms with Crippen molar-refractivity contribution in [2.45, 2.75) is 206 Å². The van der Waals surface area contributed by atoms with E-state index >= 15 is 0 Å². The summed E-state index contributed by atoms with van der Waals surface area (Å²) in [5.41, 5.74) is 6.10. The molecule has 0 radical (unpaired) electrons. The first kappa shape index (κ1) is 41.4. The van der Waals surface area contributed by atoms with E-state index < -0.39 is 0 Å². The average molecular weight is 592 g/mol. The molecule has 42 heavy (non-hydrogen) atoms. The predicted molar refractivity (Wildman–Crippen MR) is 188 cm³/mol. The molecule has 0 bridgehead atoms. The standard InChI is InChI=1S/C39H77NO2/c1-3-5-7-9-11-13-15-17-19-21-23-25-27-29-31-33-36-41-38-35-39(40)42-37-34-32-30-28-26-24-22-20-18-16-14-12-10-8-6-4-2/h17-20,39H,3-16,21-38,40H2,1-2H3/b19-17-,20-18-. The molecule has 250 valence electrons. The number of hydrogen-bond donors (Lipinski definition) is 1. The first-order valence-corrected chi connectivity index (χ1v) is 19.1. The van der Waals surface area contributed by atoms with E-state index in [1.165, 1.54) is 173 Å². The molecule has 0 aromatic carbocycles. The third-order valence-corrected chi connectivity index (χ3v) is 8.34. The monoisotopic (exact) mass is 592 g/mol. The van der Waals surface area contributed by atoms with Gasteiger partial charge in [0.25, 0.3) is 0 Å². The lowest BCUT2D eigenvalue weighted by Crippen LogP contribution is -2.26. The van der Waals surface area contributed by atoms with Gasteiger partial charge in [0.1, 0.15) is 6.23 Å². The van der Waals surface area contributed by atoms with E-state index in [1.807, 2.05) is 0 Å². The third kappa shape index (κ3) is 37.4. The van der Waals surface area contributed by atoms with Crippen LogP contribution in [0.5, 0.6) is 0 Å². The lowest BCUT2D eigenvalue weighted by molar-refractivity contribution is 0.0225. The van der Waals surface area contributed by atoms with Gasteiger partial charge in [-0.25, -0.2) is 0 Å². The zero-order valence-corrected chi connectivity index (χ0v) is 28.9. The van der Waals surface area contributed by atoms with Crippen molar-refractivity contribution >= 4 is 0 Å². The maximum absolute atomic E-state index is 6.10. The zero-order valence-electron chi connectivity index (χ0n) is 28.9. The summed E-state index contributed by atoms with van der Waals surface area (Å²) in [5.74, 6) is 0. The fourth-order valence-electron chi connectivity index (χ4n) is 5.42. The van der Waals surface area contributed by atoms with Crippen molar-refractivity contribution in [2.24, 2.45) is 5.73 Å². The first-order chi connectivity index (χ1) is 20.8. The molecular weight excluding hydrogens is 514 g/mol. The van der Waals surface area contributed by atoms with E-state index in [0.717, 1.165) is 32.7 Å². The lowest BCUT2D eigenvalue weighted by atomic mass is 10.1. The molecule has 0 aliphatic rings. The fraction of sp³-hybridized carbons (Fsp3) is 0.897. The number of ether oxygens (including phenoxy) is 2. The minimum Gasteiger partial charge on any atom is -0.381 e. The Morgan fingerprint density at radius 1 is 0.405 bits per heavy atom. The van der Waals surface area contributed by atoms with Gasteiger partial charge < -0.3 is 15.2 Å². The predicted octanol–water partition coefficient (Wildman–Crippen LogP) is 12.8. The molecule has 0 aliphatic heterocycles. The van der Waals surface area contributed by atoms with Crippen LogP contribution < -0.4 is 5.73 Å². The molecule has 1 atom stereocenters. The Hall–Kier alpha value is -0.640. The largest absolute Gasteiger partial charge is 0.381 e. The van der Waals surface area contributed by atoms with Crippen LogP contribution in [0, 0.1) is 0 Å². The summed E-state index contributed by atoms with van der Waals surface area (Å²) < 4.78 is 11.6. The van der Waals surface area contributed by atoms with Crippen molar-refractivity contribution in [3.8, 4) is 0 Å². The van der Waals surface area contributed by atoms with Crippen molar-refractivity contribution < 1.29 is 9.47 Å². The number of allylic oxidation sites excluding steroid dienone is 4. The van der Waals surface area contributed by atoms with Crippen LogP contribution in [0.1, 0.15) is 200 Å². The molecule has 0 saturated heterocycles. The highest BCUT2D eigenvalue weighted by atomic mass is 16.5. The molecule has 0 rings (SSSR count). The highest BCUT2D eigenvalue weighted by molar-refractivity contribution is 4.82.